The highest BCUT2D eigenvalue weighted by Gasteiger charge is 2.52. The molecule has 0 spiro atoms. The van der Waals surface area contributed by atoms with Crippen LogP contribution in [0.2, 0.25) is 0 Å². The largest absolute Gasteiger partial charge is 0.419 e. The normalized spacial score (nSPS) is 11.4. The van der Waals surface area contributed by atoms with E-state index in [1.807, 2.05) is 47.0 Å². The summed E-state index contributed by atoms with van der Waals surface area (Å²) in [5, 5.41) is 0. The molecule has 6 aromatic carbocycles. The number of nitrogens with zero attached hydrogens (tertiary/aromatic N) is 2. The molecular formula is C42H14BBrF20N2O2. The minimum Gasteiger partial charge on any atom is -0.419 e. The number of rotatable bonds is 8. The van der Waals surface area contributed by atoms with Gasteiger partial charge in [-0.05, 0) is 24.3 Å². The smallest absolute Gasteiger partial charge is 0.410 e. The van der Waals surface area contributed by atoms with Crippen molar-refractivity contribution < 1.29 is 102 Å². The van der Waals surface area contributed by atoms with E-state index in [1.54, 1.807) is 24.5 Å². The monoisotopic (exact) mass is 1050 g/mol. The Hall–Kier alpha value is -6.99. The van der Waals surface area contributed by atoms with Crippen molar-refractivity contribution in [1.29, 1.82) is 0 Å². The Bertz CT molecular complexity index is 2780. The third kappa shape index (κ3) is 8.37. The molecule has 0 aliphatic heterocycles. The average Bonchev–Trinajstić information content (AvgIpc) is 3.32. The summed E-state index contributed by atoms with van der Waals surface area (Å²) in [7, 11) is 0. The van der Waals surface area contributed by atoms with E-state index in [-0.39, 0.29) is 0 Å². The van der Waals surface area contributed by atoms with Gasteiger partial charge in [0.25, 0.3) is 0 Å². The van der Waals surface area contributed by atoms with Gasteiger partial charge in [0.05, 0.1) is 6.20 Å². The molecular weight excluding hydrogens is 1040 g/mol. The number of benzene rings is 6. The van der Waals surface area contributed by atoms with Gasteiger partial charge in [-0.2, -0.15) is 4.57 Å². The van der Waals surface area contributed by atoms with E-state index in [0.29, 0.717) is 18.0 Å². The molecule has 7 rings (SSSR count). The topological polar surface area (TPSA) is 43.1 Å². The van der Waals surface area contributed by atoms with Gasteiger partial charge in [-0.3, -0.25) is 4.98 Å². The second-order valence-electron chi connectivity index (χ2n) is 13.7. The fourth-order valence-corrected chi connectivity index (χ4v) is 7.28. The molecule has 1 heterocycles. The van der Waals surface area contributed by atoms with Gasteiger partial charge in [-0.1, -0.05) is 46.3 Å². The van der Waals surface area contributed by atoms with E-state index in [2.05, 4.69) is 20.9 Å². The fraction of sp³-hybridized carbons (Fsp3) is 0.0238. The van der Waals surface area contributed by atoms with E-state index >= 15 is 35.1 Å². The Kier molecular flexibility index (Phi) is 14.3. The van der Waals surface area contributed by atoms with E-state index in [4.69, 9.17) is 4.74 Å². The predicted octanol–water partition coefficient (Wildman–Crippen LogP) is 9.25. The molecule has 0 aliphatic carbocycles. The molecule has 0 amide bonds. The van der Waals surface area contributed by atoms with Crippen LogP contribution in [0, 0.1) is 116 Å². The summed E-state index contributed by atoms with van der Waals surface area (Å²) in [6, 6.07) is 17.0. The molecule has 0 saturated heterocycles. The SMILES string of the molecule is Fc1c(F)c(F)c([B-](c2c(F)c(F)c(F)c(F)c2F)(c2c(F)c(F)c(F)c(F)c2F)c2c(F)c(F)c(F)c(F)c2F)c(F)c1F.O=C(Oc1ccc(Br)cc1)c1cncc[n+]1Cc1ccccc1. The van der Waals surface area contributed by atoms with Gasteiger partial charge in [-0.15, -0.1) is 21.9 Å². The molecule has 7 aromatic rings. The summed E-state index contributed by atoms with van der Waals surface area (Å²) in [4.78, 5) is 16.4. The lowest BCUT2D eigenvalue weighted by Crippen LogP contribution is -2.81. The number of aromatic nitrogens is 2. The molecule has 0 unspecified atom stereocenters. The maximum atomic E-state index is 15.4. The third-order valence-electron chi connectivity index (χ3n) is 9.98. The summed E-state index contributed by atoms with van der Waals surface area (Å²) < 4.78 is 302. The third-order valence-corrected chi connectivity index (χ3v) is 10.5. The van der Waals surface area contributed by atoms with Crippen molar-refractivity contribution in [2.45, 2.75) is 6.54 Å². The van der Waals surface area contributed by atoms with E-state index in [0.717, 1.165) is 10.0 Å². The van der Waals surface area contributed by atoms with Crippen molar-refractivity contribution in [1.82, 2.24) is 4.98 Å². The van der Waals surface area contributed by atoms with Gasteiger partial charge in [0.15, 0.2) is 82.5 Å². The summed E-state index contributed by atoms with van der Waals surface area (Å²) in [5.74, 6) is -71.3. The number of hydrogen-bond donors (Lipinski definition) is 0. The van der Waals surface area contributed by atoms with Gasteiger partial charge in [0.2, 0.25) is 0 Å². The number of carbonyl (C=O) groups excluding carboxylic acids is 1. The van der Waals surface area contributed by atoms with Crippen molar-refractivity contribution in [3.05, 3.63) is 205 Å². The maximum Gasteiger partial charge on any atom is 0.410 e. The molecule has 26 heteroatoms. The lowest BCUT2D eigenvalue weighted by molar-refractivity contribution is -0.691. The zero-order valence-electron chi connectivity index (χ0n) is 32.4. The molecule has 354 valence electrons. The first kappa shape index (κ1) is 50.4. The van der Waals surface area contributed by atoms with Crippen LogP contribution in [-0.4, -0.2) is 17.1 Å². The zero-order chi connectivity index (χ0) is 50.4. The van der Waals surface area contributed by atoms with Crippen molar-refractivity contribution in [3.63, 3.8) is 0 Å². The van der Waals surface area contributed by atoms with Gasteiger partial charge in [0.1, 0.15) is 64.6 Å². The van der Waals surface area contributed by atoms with E-state index in [1.165, 1.54) is 6.20 Å². The second kappa shape index (κ2) is 19.3. The van der Waals surface area contributed by atoms with Gasteiger partial charge >= 0.3 is 11.7 Å². The van der Waals surface area contributed by atoms with Crippen LogP contribution in [0.1, 0.15) is 16.1 Å². The summed E-state index contributed by atoms with van der Waals surface area (Å²) >= 11 is 3.35. The predicted molar refractivity (Wildman–Crippen MR) is 198 cm³/mol. The molecule has 68 heavy (non-hydrogen) atoms. The Morgan fingerprint density at radius 2 is 0.765 bits per heavy atom. The van der Waals surface area contributed by atoms with Crippen LogP contribution in [0.4, 0.5) is 87.8 Å². The summed E-state index contributed by atoms with van der Waals surface area (Å²) in [5.41, 5.74) is -12.8. The minimum atomic E-state index is -7.22. The fourth-order valence-electron chi connectivity index (χ4n) is 7.01. The second-order valence-corrected chi connectivity index (χ2v) is 14.6. The van der Waals surface area contributed by atoms with Gasteiger partial charge in [-0.25, -0.2) is 92.6 Å². The molecule has 1 aromatic heterocycles. The Labute approximate surface area is 373 Å². The lowest BCUT2D eigenvalue weighted by Gasteiger charge is -2.44. The molecule has 0 bridgehead atoms. The van der Waals surface area contributed by atoms with Gasteiger partial charge < -0.3 is 4.74 Å². The van der Waals surface area contributed by atoms with Crippen LogP contribution in [0.25, 0.3) is 0 Å². The van der Waals surface area contributed by atoms with Crippen LogP contribution in [0.15, 0.2) is 77.7 Å². The lowest BCUT2D eigenvalue weighted by atomic mass is 9.12. The number of hydrogen-bond acceptors (Lipinski definition) is 3. The molecule has 4 nitrogen and oxygen atoms in total. The first-order valence-electron chi connectivity index (χ1n) is 18.0. The highest BCUT2D eigenvalue weighted by Crippen LogP contribution is 2.31. The van der Waals surface area contributed by atoms with Gasteiger partial charge in [0, 0.05) is 10.0 Å². The van der Waals surface area contributed by atoms with Crippen molar-refractivity contribution in [3.8, 4) is 5.75 Å². The summed E-state index contributed by atoms with van der Waals surface area (Å²) in [6.45, 7) is 0.578. The number of ether oxygens (including phenoxy) is 1. The highest BCUT2D eigenvalue weighted by molar-refractivity contribution is 9.10. The average molecular weight is 1050 g/mol. The van der Waals surface area contributed by atoms with Crippen LogP contribution >= 0.6 is 15.9 Å². The zero-order valence-corrected chi connectivity index (χ0v) is 33.9. The number of esters is 1. The molecule has 0 radical (unpaired) electrons. The van der Waals surface area contributed by atoms with Crippen LogP contribution in [-0.2, 0) is 6.54 Å². The molecule has 0 atom stereocenters. The first-order chi connectivity index (χ1) is 31.9. The number of halogens is 21. The Morgan fingerprint density at radius 1 is 0.456 bits per heavy atom. The van der Waals surface area contributed by atoms with Crippen LogP contribution < -0.4 is 31.2 Å². The van der Waals surface area contributed by atoms with Crippen LogP contribution in [0.3, 0.4) is 0 Å². The maximum absolute atomic E-state index is 15.4. The molecule has 0 aliphatic rings. The molecule has 0 fully saturated rings. The highest BCUT2D eigenvalue weighted by atomic mass is 79.9. The van der Waals surface area contributed by atoms with E-state index < -0.39 is 150 Å². The standard InChI is InChI=1S/C24BF20.C18H14BrN2O2/c26-5-1(6(27)14(35)21(42)13(5)34)25(2-7(28)15(36)22(43)16(37)8(2)29,3-9(30)17(38)23(44)18(39)10(3)31)4-11(32)19(40)24(45)20(41)12(4)33;19-15-6-8-16(9-7-15)23-18(22)17-12-20-10-11-21(17)13-14-4-2-1-3-5-14/h;1-12H,13H2/q-1;+1. The minimum absolute atomic E-state index is 0.402. The van der Waals surface area contributed by atoms with Crippen molar-refractivity contribution in [2.24, 2.45) is 0 Å². The van der Waals surface area contributed by atoms with Crippen LogP contribution in [0.5, 0.6) is 5.75 Å². The quantitative estimate of drug-likeness (QED) is 0.0290. The Balaban J connectivity index is 0.000000276. The molecule has 0 saturated carbocycles. The number of carbonyl (C=O) groups is 1. The van der Waals surface area contributed by atoms with Crippen molar-refractivity contribution >= 4 is 49.9 Å². The Morgan fingerprint density at radius 3 is 1.09 bits per heavy atom. The summed E-state index contributed by atoms with van der Waals surface area (Å²) in [6.07, 6.45) is -2.28. The van der Waals surface area contributed by atoms with Crippen molar-refractivity contribution in [2.75, 3.05) is 0 Å². The first-order valence-corrected chi connectivity index (χ1v) is 18.8. The molecule has 0 N–H and O–H groups in total. The van der Waals surface area contributed by atoms with E-state index in [9.17, 15) is 57.5 Å².